The molecule has 2 atom stereocenters. The van der Waals surface area contributed by atoms with Gasteiger partial charge in [-0.1, -0.05) is 30.1 Å². The van der Waals surface area contributed by atoms with Gasteiger partial charge in [0.15, 0.2) is 0 Å². The van der Waals surface area contributed by atoms with Gasteiger partial charge in [0.1, 0.15) is 0 Å². The second-order valence-corrected chi connectivity index (χ2v) is 4.60. The van der Waals surface area contributed by atoms with Crippen LogP contribution in [0, 0.1) is 0 Å². The smallest absolute Gasteiger partial charge is 0.0668 e. The highest BCUT2D eigenvalue weighted by atomic mass is 35.5. The molecule has 0 bridgehead atoms. The van der Waals surface area contributed by atoms with E-state index < -0.39 is 6.10 Å². The lowest BCUT2D eigenvalue weighted by atomic mass is 9.95. The topological polar surface area (TPSA) is 46.2 Å². The summed E-state index contributed by atoms with van der Waals surface area (Å²) in [5.41, 5.74) is 6.38. The Hall–Kier alpha value is -0.280. The highest BCUT2D eigenvalue weighted by Gasteiger charge is 2.12. The molecule has 0 fully saturated rings. The number of nitrogens with two attached hydrogens (primary N) is 1. The van der Waals surface area contributed by atoms with Gasteiger partial charge in [0.2, 0.25) is 0 Å². The van der Waals surface area contributed by atoms with Crippen LogP contribution in [0.15, 0.2) is 18.2 Å². The van der Waals surface area contributed by atoms with Gasteiger partial charge >= 0.3 is 0 Å². The summed E-state index contributed by atoms with van der Waals surface area (Å²) in [4.78, 5) is 0. The van der Waals surface area contributed by atoms with Gasteiger partial charge in [-0.25, -0.2) is 0 Å². The van der Waals surface area contributed by atoms with E-state index in [0.717, 1.165) is 5.56 Å². The van der Waals surface area contributed by atoms with Crippen molar-refractivity contribution in [3.63, 3.8) is 0 Å². The standard InChI is InChI=1S/C11H15Cl2NO/c1-7(2-11(15)6-14)8-3-9(12)5-10(13)4-8/h3-5,7,11,15H,2,6,14H2,1H3. The number of hydrogen-bond acceptors (Lipinski definition) is 2. The second-order valence-electron chi connectivity index (χ2n) is 3.73. The van der Waals surface area contributed by atoms with Crippen molar-refractivity contribution in [3.05, 3.63) is 33.8 Å². The fraction of sp³-hybridized carbons (Fsp3) is 0.455. The largest absolute Gasteiger partial charge is 0.392 e. The number of hydrogen-bond donors (Lipinski definition) is 2. The van der Waals surface area contributed by atoms with Gasteiger partial charge in [0, 0.05) is 16.6 Å². The van der Waals surface area contributed by atoms with E-state index >= 15 is 0 Å². The zero-order valence-corrected chi connectivity index (χ0v) is 10.1. The van der Waals surface area contributed by atoms with Gasteiger partial charge < -0.3 is 10.8 Å². The van der Waals surface area contributed by atoms with E-state index in [2.05, 4.69) is 0 Å². The molecule has 3 N–H and O–H groups in total. The maximum Gasteiger partial charge on any atom is 0.0668 e. The zero-order chi connectivity index (χ0) is 11.4. The first-order valence-corrected chi connectivity index (χ1v) is 5.62. The van der Waals surface area contributed by atoms with Crippen molar-refractivity contribution in [2.45, 2.75) is 25.4 Å². The van der Waals surface area contributed by atoms with Crippen LogP contribution in [-0.4, -0.2) is 17.8 Å². The van der Waals surface area contributed by atoms with Crippen LogP contribution in [0.4, 0.5) is 0 Å². The number of rotatable bonds is 4. The number of aliphatic hydroxyl groups is 1. The molecule has 4 heteroatoms. The van der Waals surface area contributed by atoms with E-state index in [1.807, 2.05) is 19.1 Å². The van der Waals surface area contributed by atoms with Crippen molar-refractivity contribution >= 4 is 23.2 Å². The third-order valence-electron chi connectivity index (χ3n) is 2.35. The molecule has 0 saturated heterocycles. The Morgan fingerprint density at radius 1 is 1.27 bits per heavy atom. The van der Waals surface area contributed by atoms with Crippen LogP contribution >= 0.6 is 23.2 Å². The molecule has 1 aromatic rings. The fourth-order valence-electron chi connectivity index (χ4n) is 1.50. The van der Waals surface area contributed by atoms with Crippen molar-refractivity contribution in [2.24, 2.45) is 5.73 Å². The second kappa shape index (κ2) is 5.71. The minimum Gasteiger partial charge on any atom is -0.392 e. The van der Waals surface area contributed by atoms with Crippen molar-refractivity contribution in [1.29, 1.82) is 0 Å². The van der Waals surface area contributed by atoms with Crippen molar-refractivity contribution in [3.8, 4) is 0 Å². The van der Waals surface area contributed by atoms with Crippen LogP contribution in [0.25, 0.3) is 0 Å². The maximum atomic E-state index is 9.44. The average molecular weight is 248 g/mol. The molecule has 84 valence electrons. The first kappa shape index (κ1) is 12.8. The molecule has 0 aliphatic heterocycles. The fourth-order valence-corrected chi connectivity index (χ4v) is 2.04. The molecule has 0 heterocycles. The first-order valence-electron chi connectivity index (χ1n) is 4.87. The van der Waals surface area contributed by atoms with Gasteiger partial charge in [0.25, 0.3) is 0 Å². The molecule has 0 aliphatic carbocycles. The van der Waals surface area contributed by atoms with Crippen molar-refractivity contribution < 1.29 is 5.11 Å². The van der Waals surface area contributed by atoms with Gasteiger partial charge in [-0.3, -0.25) is 0 Å². The maximum absolute atomic E-state index is 9.44. The van der Waals surface area contributed by atoms with E-state index in [4.69, 9.17) is 28.9 Å². The van der Waals surface area contributed by atoms with Crippen LogP contribution in [0.1, 0.15) is 24.8 Å². The molecule has 15 heavy (non-hydrogen) atoms. The third-order valence-corrected chi connectivity index (χ3v) is 2.79. The van der Waals surface area contributed by atoms with Crippen molar-refractivity contribution in [2.75, 3.05) is 6.54 Å². The Kier molecular flexibility index (Phi) is 4.87. The lowest BCUT2D eigenvalue weighted by Crippen LogP contribution is -2.21. The number of halogens is 2. The molecule has 2 unspecified atom stereocenters. The van der Waals surface area contributed by atoms with E-state index in [1.165, 1.54) is 0 Å². The molecule has 0 amide bonds. The molecule has 1 aromatic carbocycles. The summed E-state index contributed by atoms with van der Waals surface area (Å²) in [5.74, 6) is 0.194. The quantitative estimate of drug-likeness (QED) is 0.860. The van der Waals surface area contributed by atoms with Gasteiger partial charge in [-0.05, 0) is 36.1 Å². The van der Waals surface area contributed by atoms with Gasteiger partial charge in [-0.2, -0.15) is 0 Å². The monoisotopic (exact) mass is 247 g/mol. The molecule has 1 rings (SSSR count). The molecule has 0 aliphatic rings. The molecule has 0 saturated carbocycles. The summed E-state index contributed by atoms with van der Waals surface area (Å²) in [6, 6.07) is 5.42. The Balaban J connectivity index is 2.77. The Morgan fingerprint density at radius 3 is 2.27 bits per heavy atom. The summed E-state index contributed by atoms with van der Waals surface area (Å²) in [5, 5.41) is 10.7. The van der Waals surface area contributed by atoms with Crippen LogP contribution < -0.4 is 5.73 Å². The predicted octanol–water partition coefficient (Wildman–Crippen LogP) is 2.81. The highest BCUT2D eigenvalue weighted by Crippen LogP contribution is 2.27. The Bertz CT molecular complexity index is 310. The van der Waals surface area contributed by atoms with Gasteiger partial charge in [0.05, 0.1) is 6.10 Å². The molecular formula is C11H15Cl2NO. The van der Waals surface area contributed by atoms with Crippen LogP contribution in [-0.2, 0) is 0 Å². The normalized spacial score (nSPS) is 15.0. The van der Waals surface area contributed by atoms with Gasteiger partial charge in [-0.15, -0.1) is 0 Å². The first-order chi connectivity index (χ1) is 7.02. The summed E-state index contributed by atoms with van der Waals surface area (Å²) < 4.78 is 0. The van der Waals surface area contributed by atoms with Crippen molar-refractivity contribution in [1.82, 2.24) is 0 Å². The van der Waals surface area contributed by atoms with E-state index in [9.17, 15) is 5.11 Å². The minimum atomic E-state index is -0.474. The molecule has 0 radical (unpaired) electrons. The molecule has 2 nitrogen and oxygen atoms in total. The lowest BCUT2D eigenvalue weighted by Gasteiger charge is -2.16. The zero-order valence-electron chi connectivity index (χ0n) is 8.58. The third kappa shape index (κ3) is 3.99. The summed E-state index contributed by atoms with van der Waals surface area (Å²) in [7, 11) is 0. The van der Waals surface area contributed by atoms with Crippen LogP contribution in [0.5, 0.6) is 0 Å². The summed E-state index contributed by atoms with van der Waals surface area (Å²) in [6.45, 7) is 2.29. The summed E-state index contributed by atoms with van der Waals surface area (Å²) in [6.07, 6.45) is 0.144. The van der Waals surface area contributed by atoms with E-state index in [1.54, 1.807) is 6.07 Å². The Labute approximate surface area is 100.0 Å². The number of benzene rings is 1. The molecular weight excluding hydrogens is 233 g/mol. The molecule has 0 aromatic heterocycles. The lowest BCUT2D eigenvalue weighted by molar-refractivity contribution is 0.165. The predicted molar refractivity (Wildman–Crippen MR) is 64.6 cm³/mol. The Morgan fingerprint density at radius 2 is 1.80 bits per heavy atom. The summed E-state index contributed by atoms with van der Waals surface area (Å²) >= 11 is 11.8. The SMILES string of the molecule is CC(CC(O)CN)c1cc(Cl)cc(Cl)c1. The van der Waals surface area contributed by atoms with Crippen LogP contribution in [0.3, 0.4) is 0 Å². The van der Waals surface area contributed by atoms with Crippen LogP contribution in [0.2, 0.25) is 10.0 Å². The highest BCUT2D eigenvalue weighted by molar-refractivity contribution is 6.34. The number of aliphatic hydroxyl groups excluding tert-OH is 1. The molecule has 0 spiro atoms. The van der Waals surface area contributed by atoms with E-state index in [-0.39, 0.29) is 12.5 Å². The average Bonchev–Trinajstić information content (AvgIpc) is 2.16. The minimum absolute atomic E-state index is 0.194. The van der Waals surface area contributed by atoms with E-state index in [0.29, 0.717) is 16.5 Å².